The Morgan fingerprint density at radius 2 is 1.90 bits per heavy atom. The van der Waals surface area contributed by atoms with Crippen LogP contribution in [0.25, 0.3) is 0 Å². The van der Waals surface area contributed by atoms with Crippen molar-refractivity contribution in [2.24, 2.45) is 4.99 Å². The van der Waals surface area contributed by atoms with Gasteiger partial charge in [-0.25, -0.2) is 0 Å². The third-order valence-electron chi connectivity index (χ3n) is 3.04. The van der Waals surface area contributed by atoms with Gasteiger partial charge in [0.05, 0.1) is 13.2 Å². The predicted molar refractivity (Wildman–Crippen MR) is 89.9 cm³/mol. The Hall–Kier alpha value is -1.55. The third kappa shape index (κ3) is 9.08. The lowest BCUT2D eigenvalue weighted by Crippen LogP contribution is -2.38. The van der Waals surface area contributed by atoms with Crippen molar-refractivity contribution >= 4 is 5.96 Å². The van der Waals surface area contributed by atoms with E-state index in [1.165, 1.54) is 12.0 Å². The van der Waals surface area contributed by atoms with Gasteiger partial charge in [0.2, 0.25) is 0 Å². The van der Waals surface area contributed by atoms with Crippen LogP contribution in [0.4, 0.5) is 0 Å². The van der Waals surface area contributed by atoms with Gasteiger partial charge in [0.15, 0.2) is 5.96 Å². The maximum atomic E-state index is 5.51. The molecule has 0 spiro atoms. The van der Waals surface area contributed by atoms with E-state index in [1.807, 2.05) is 6.07 Å². The van der Waals surface area contributed by atoms with Gasteiger partial charge in [0.25, 0.3) is 0 Å². The van der Waals surface area contributed by atoms with Gasteiger partial charge < -0.3 is 15.4 Å². The fraction of sp³-hybridized carbons (Fsp3) is 0.588. The third-order valence-corrected chi connectivity index (χ3v) is 3.04. The first-order valence-corrected chi connectivity index (χ1v) is 8.00. The molecule has 4 nitrogen and oxygen atoms in total. The minimum absolute atomic E-state index is 0.690. The van der Waals surface area contributed by atoms with Crippen molar-refractivity contribution in [1.82, 2.24) is 10.6 Å². The largest absolute Gasteiger partial charge is 0.380 e. The van der Waals surface area contributed by atoms with Crippen LogP contribution in [0.2, 0.25) is 0 Å². The molecule has 0 aliphatic heterocycles. The normalized spacial score (nSPS) is 11.4. The second-order valence-corrected chi connectivity index (χ2v) is 4.89. The molecule has 1 rings (SSSR count). The summed E-state index contributed by atoms with van der Waals surface area (Å²) in [5.74, 6) is 0.868. The van der Waals surface area contributed by atoms with Crippen molar-refractivity contribution in [3.8, 4) is 0 Å². The topological polar surface area (TPSA) is 45.6 Å². The predicted octanol–water partition coefficient (Wildman–Crippen LogP) is 2.60. The summed E-state index contributed by atoms with van der Waals surface area (Å²) in [6.45, 7) is 8.22. The zero-order chi connectivity index (χ0) is 15.2. The van der Waals surface area contributed by atoms with Crippen LogP contribution in [0.5, 0.6) is 0 Å². The summed E-state index contributed by atoms with van der Waals surface area (Å²) in [5.41, 5.74) is 1.34. The second-order valence-electron chi connectivity index (χ2n) is 4.89. The van der Waals surface area contributed by atoms with Crippen LogP contribution in [0.3, 0.4) is 0 Å². The molecule has 0 aliphatic rings. The van der Waals surface area contributed by atoms with Crippen LogP contribution < -0.4 is 10.6 Å². The quantitative estimate of drug-likeness (QED) is 0.396. The Morgan fingerprint density at radius 1 is 1.10 bits per heavy atom. The molecule has 2 N–H and O–H groups in total. The SMILES string of the molecule is CCCCOCCN=C(NCC)NCCc1ccccc1. The maximum Gasteiger partial charge on any atom is 0.191 e. The van der Waals surface area contributed by atoms with Crippen molar-refractivity contribution in [3.63, 3.8) is 0 Å². The second kappa shape index (κ2) is 12.2. The summed E-state index contributed by atoms with van der Waals surface area (Å²) >= 11 is 0. The molecule has 118 valence electrons. The summed E-state index contributed by atoms with van der Waals surface area (Å²) in [4.78, 5) is 4.51. The van der Waals surface area contributed by atoms with E-state index in [1.54, 1.807) is 0 Å². The van der Waals surface area contributed by atoms with Gasteiger partial charge in [0.1, 0.15) is 0 Å². The van der Waals surface area contributed by atoms with Gasteiger partial charge in [0, 0.05) is 19.7 Å². The fourth-order valence-electron chi connectivity index (χ4n) is 1.88. The van der Waals surface area contributed by atoms with Crippen LogP contribution in [0.15, 0.2) is 35.3 Å². The lowest BCUT2D eigenvalue weighted by molar-refractivity contribution is 0.139. The van der Waals surface area contributed by atoms with E-state index in [0.717, 1.165) is 38.5 Å². The number of hydrogen-bond donors (Lipinski definition) is 2. The molecule has 0 aliphatic carbocycles. The monoisotopic (exact) mass is 291 g/mol. The summed E-state index contributed by atoms with van der Waals surface area (Å²) in [5, 5.41) is 6.61. The Balaban J connectivity index is 2.22. The summed E-state index contributed by atoms with van der Waals surface area (Å²) in [7, 11) is 0. The van der Waals surface area contributed by atoms with E-state index >= 15 is 0 Å². The lowest BCUT2D eigenvalue weighted by Gasteiger charge is -2.11. The average molecular weight is 291 g/mol. The molecule has 1 aromatic rings. The van der Waals surface area contributed by atoms with E-state index < -0.39 is 0 Å². The van der Waals surface area contributed by atoms with E-state index in [4.69, 9.17) is 4.74 Å². The highest BCUT2D eigenvalue weighted by Gasteiger charge is 1.97. The molecule has 0 bridgehead atoms. The van der Waals surface area contributed by atoms with Crippen LogP contribution in [-0.4, -0.2) is 38.8 Å². The van der Waals surface area contributed by atoms with E-state index in [9.17, 15) is 0 Å². The zero-order valence-electron chi connectivity index (χ0n) is 13.4. The van der Waals surface area contributed by atoms with Crippen LogP contribution in [0, 0.1) is 0 Å². The summed E-state index contributed by atoms with van der Waals surface area (Å²) in [6, 6.07) is 10.5. The molecule has 0 saturated carbocycles. The van der Waals surface area contributed by atoms with Crippen molar-refractivity contribution in [2.45, 2.75) is 33.1 Å². The number of nitrogens with zero attached hydrogens (tertiary/aromatic N) is 1. The molecule has 0 fully saturated rings. The lowest BCUT2D eigenvalue weighted by atomic mass is 10.1. The van der Waals surface area contributed by atoms with Gasteiger partial charge in [-0.15, -0.1) is 0 Å². The molecule has 0 unspecified atom stereocenters. The number of unbranched alkanes of at least 4 members (excludes halogenated alkanes) is 1. The molecule has 0 amide bonds. The summed E-state index contributed by atoms with van der Waals surface area (Å²) in [6.07, 6.45) is 3.30. The summed E-state index contributed by atoms with van der Waals surface area (Å²) < 4.78 is 5.51. The number of aliphatic imine (C=N–C) groups is 1. The molecule has 4 heteroatoms. The first-order chi connectivity index (χ1) is 10.4. The van der Waals surface area contributed by atoms with Crippen molar-refractivity contribution < 1.29 is 4.74 Å². The maximum absolute atomic E-state index is 5.51. The molecule has 0 saturated heterocycles. The molecule has 21 heavy (non-hydrogen) atoms. The van der Waals surface area contributed by atoms with Crippen molar-refractivity contribution in [1.29, 1.82) is 0 Å². The Bertz CT molecular complexity index is 379. The van der Waals surface area contributed by atoms with E-state index in [2.05, 4.69) is 53.7 Å². The van der Waals surface area contributed by atoms with E-state index in [-0.39, 0.29) is 0 Å². The highest BCUT2D eigenvalue weighted by Crippen LogP contribution is 1.98. The molecule has 0 radical (unpaired) electrons. The minimum Gasteiger partial charge on any atom is -0.380 e. The number of ether oxygens (including phenoxy) is 1. The molecule has 0 heterocycles. The van der Waals surface area contributed by atoms with Gasteiger partial charge in [-0.05, 0) is 25.3 Å². The molecule has 0 aromatic heterocycles. The minimum atomic E-state index is 0.690. The fourth-order valence-corrected chi connectivity index (χ4v) is 1.88. The number of benzene rings is 1. The highest BCUT2D eigenvalue weighted by atomic mass is 16.5. The molecular weight excluding hydrogens is 262 g/mol. The smallest absolute Gasteiger partial charge is 0.191 e. The van der Waals surface area contributed by atoms with Crippen molar-refractivity contribution in [3.05, 3.63) is 35.9 Å². The standard InChI is InChI=1S/C17H29N3O/c1-3-5-14-21-15-13-20-17(18-4-2)19-12-11-16-9-7-6-8-10-16/h6-10H,3-5,11-15H2,1-2H3,(H2,18,19,20). The first kappa shape index (κ1) is 17.5. The average Bonchev–Trinajstić information content (AvgIpc) is 2.51. The van der Waals surface area contributed by atoms with Gasteiger partial charge in [-0.3, -0.25) is 4.99 Å². The Kier molecular flexibility index (Phi) is 10.2. The van der Waals surface area contributed by atoms with Crippen LogP contribution in [-0.2, 0) is 11.2 Å². The van der Waals surface area contributed by atoms with Crippen LogP contribution in [0.1, 0.15) is 32.3 Å². The number of nitrogens with one attached hydrogen (secondary N) is 2. The molecule has 1 aromatic carbocycles. The van der Waals surface area contributed by atoms with Crippen molar-refractivity contribution in [2.75, 3.05) is 32.8 Å². The van der Waals surface area contributed by atoms with Gasteiger partial charge in [-0.1, -0.05) is 43.7 Å². The zero-order valence-corrected chi connectivity index (χ0v) is 13.4. The molecule has 0 atom stereocenters. The Labute approximate surface area is 129 Å². The van der Waals surface area contributed by atoms with Gasteiger partial charge >= 0.3 is 0 Å². The number of hydrogen-bond acceptors (Lipinski definition) is 2. The number of guanidine groups is 1. The number of rotatable bonds is 10. The van der Waals surface area contributed by atoms with Crippen LogP contribution >= 0.6 is 0 Å². The van der Waals surface area contributed by atoms with E-state index in [0.29, 0.717) is 13.2 Å². The Morgan fingerprint density at radius 3 is 2.62 bits per heavy atom. The van der Waals surface area contributed by atoms with Gasteiger partial charge in [-0.2, -0.15) is 0 Å². The molecular formula is C17H29N3O. The highest BCUT2D eigenvalue weighted by molar-refractivity contribution is 5.79. The first-order valence-electron chi connectivity index (χ1n) is 8.00.